The molecule has 2 aromatic heterocycles. The Bertz CT molecular complexity index is 1160. The van der Waals surface area contributed by atoms with Crippen molar-refractivity contribution in [3.8, 4) is 17.0 Å². The van der Waals surface area contributed by atoms with Gasteiger partial charge in [0.15, 0.2) is 0 Å². The van der Waals surface area contributed by atoms with Crippen molar-refractivity contribution in [1.29, 1.82) is 0 Å². The molecule has 0 bridgehead atoms. The van der Waals surface area contributed by atoms with Crippen molar-refractivity contribution in [2.75, 3.05) is 7.11 Å². The lowest BCUT2D eigenvalue weighted by molar-refractivity contribution is -0.121. The van der Waals surface area contributed by atoms with Crippen molar-refractivity contribution < 1.29 is 14.3 Å². The molecule has 0 saturated heterocycles. The number of fused-ring (bicyclic) bond motifs is 1. The number of ether oxygens (including phenoxy) is 1. The van der Waals surface area contributed by atoms with Gasteiger partial charge in [0.25, 0.3) is 5.91 Å². The van der Waals surface area contributed by atoms with Crippen LogP contribution in [0.15, 0.2) is 66.9 Å². The maximum atomic E-state index is 12.3. The summed E-state index contributed by atoms with van der Waals surface area (Å²) >= 11 is 0. The number of aryl methyl sites for hydroxylation is 1. The number of aromatic nitrogens is 2. The quantitative estimate of drug-likeness (QED) is 0.371. The molecule has 0 aliphatic carbocycles. The molecule has 0 unspecified atom stereocenters. The number of nitrogens with one attached hydrogen (secondary N) is 4. The van der Waals surface area contributed by atoms with E-state index in [2.05, 4.69) is 20.8 Å². The van der Waals surface area contributed by atoms with Crippen LogP contribution in [0.3, 0.4) is 0 Å². The Balaban J connectivity index is 1.50. The van der Waals surface area contributed by atoms with E-state index in [0.29, 0.717) is 12.1 Å². The van der Waals surface area contributed by atoms with Gasteiger partial charge >= 0.3 is 0 Å². The summed E-state index contributed by atoms with van der Waals surface area (Å²) in [5, 5.41) is 1.08. The molecule has 0 spiro atoms. The number of hydrogen-bond acceptors (Lipinski definition) is 3. The molecule has 2 heterocycles. The lowest BCUT2D eigenvalue weighted by Gasteiger charge is -2.08. The summed E-state index contributed by atoms with van der Waals surface area (Å²) in [7, 11) is 1.64. The number of aromatic amines is 2. The number of carbonyl (C=O) groups is 2. The third-order valence-corrected chi connectivity index (χ3v) is 4.95. The molecule has 7 heteroatoms. The number of carbonyl (C=O) groups excluding carboxylic acids is 2. The van der Waals surface area contributed by atoms with Gasteiger partial charge in [-0.2, -0.15) is 0 Å². The van der Waals surface area contributed by atoms with Gasteiger partial charge in [-0.25, -0.2) is 0 Å². The highest BCUT2D eigenvalue weighted by molar-refractivity contribution is 5.94. The first-order chi connectivity index (χ1) is 14.7. The van der Waals surface area contributed by atoms with Gasteiger partial charge in [-0.05, 0) is 60.0 Å². The van der Waals surface area contributed by atoms with Crippen molar-refractivity contribution >= 4 is 22.7 Å². The van der Waals surface area contributed by atoms with Crippen LogP contribution in [-0.2, 0) is 11.2 Å². The smallest absolute Gasteiger partial charge is 0.286 e. The third kappa shape index (κ3) is 4.05. The number of rotatable bonds is 6. The fraction of sp³-hybridized carbons (Fsp3) is 0.130. The van der Waals surface area contributed by atoms with Gasteiger partial charge in [0.2, 0.25) is 5.91 Å². The summed E-state index contributed by atoms with van der Waals surface area (Å²) in [5.41, 5.74) is 9.33. The first-order valence-electron chi connectivity index (χ1n) is 9.62. The average Bonchev–Trinajstić information content (AvgIpc) is 3.44. The van der Waals surface area contributed by atoms with Crippen molar-refractivity contribution in [2.45, 2.75) is 12.8 Å². The predicted octanol–water partition coefficient (Wildman–Crippen LogP) is 3.57. The second-order valence-corrected chi connectivity index (χ2v) is 6.84. The number of benzene rings is 2. The number of methoxy groups -OCH3 is 1. The fourth-order valence-electron chi connectivity index (χ4n) is 3.43. The highest BCUT2D eigenvalue weighted by Gasteiger charge is 2.15. The summed E-state index contributed by atoms with van der Waals surface area (Å²) in [6.45, 7) is 0. The molecule has 4 N–H and O–H groups in total. The van der Waals surface area contributed by atoms with E-state index in [0.717, 1.165) is 33.5 Å². The van der Waals surface area contributed by atoms with Crippen LogP contribution in [-0.4, -0.2) is 28.9 Å². The molecule has 0 aliphatic heterocycles. The molecular formula is C23H22N4O3. The van der Waals surface area contributed by atoms with E-state index in [9.17, 15) is 9.59 Å². The molecule has 0 aliphatic rings. The van der Waals surface area contributed by atoms with Gasteiger partial charge < -0.3 is 14.7 Å². The van der Waals surface area contributed by atoms with Crippen molar-refractivity contribution in [1.82, 2.24) is 20.8 Å². The number of hydrogen-bond donors (Lipinski definition) is 4. The number of para-hydroxylation sites is 1. The van der Waals surface area contributed by atoms with Gasteiger partial charge in [0, 0.05) is 29.2 Å². The van der Waals surface area contributed by atoms with Crippen molar-refractivity contribution in [2.24, 2.45) is 0 Å². The maximum Gasteiger partial charge on any atom is 0.286 e. The summed E-state index contributed by atoms with van der Waals surface area (Å²) < 4.78 is 5.25. The minimum absolute atomic E-state index is 0.232. The second-order valence-electron chi connectivity index (χ2n) is 6.84. The first kappa shape index (κ1) is 19.3. The van der Waals surface area contributed by atoms with Crippen LogP contribution in [0.25, 0.3) is 22.2 Å². The minimum Gasteiger partial charge on any atom is -0.497 e. The highest BCUT2D eigenvalue weighted by atomic mass is 16.5. The summed E-state index contributed by atoms with van der Waals surface area (Å²) in [5.74, 6) is 0.133. The average molecular weight is 402 g/mol. The van der Waals surface area contributed by atoms with Crippen LogP contribution in [0.4, 0.5) is 0 Å². The summed E-state index contributed by atoms with van der Waals surface area (Å²) in [4.78, 5) is 30.5. The highest BCUT2D eigenvalue weighted by Crippen LogP contribution is 2.32. The molecule has 2 amide bonds. The zero-order chi connectivity index (χ0) is 20.9. The van der Waals surface area contributed by atoms with E-state index in [1.807, 2.05) is 48.5 Å². The van der Waals surface area contributed by atoms with E-state index in [4.69, 9.17) is 4.74 Å². The molecular weight excluding hydrogens is 380 g/mol. The lowest BCUT2D eigenvalue weighted by atomic mass is 10.0. The van der Waals surface area contributed by atoms with Crippen LogP contribution in [0, 0.1) is 0 Å². The van der Waals surface area contributed by atoms with E-state index in [-0.39, 0.29) is 18.2 Å². The zero-order valence-electron chi connectivity index (χ0n) is 16.5. The molecule has 7 nitrogen and oxygen atoms in total. The first-order valence-corrected chi connectivity index (χ1v) is 9.62. The monoisotopic (exact) mass is 402 g/mol. The van der Waals surface area contributed by atoms with Crippen molar-refractivity contribution in [3.63, 3.8) is 0 Å². The molecule has 152 valence electrons. The SMILES string of the molecule is COc1ccc(-c2[nH]c3ccccc3c2CCC(=O)NNC(=O)c2ccc[nH]2)cc1. The molecule has 0 atom stereocenters. The summed E-state index contributed by atoms with van der Waals surface area (Å²) in [6, 6.07) is 19.2. The van der Waals surface area contributed by atoms with E-state index in [1.165, 1.54) is 0 Å². The molecule has 4 rings (SSSR count). The van der Waals surface area contributed by atoms with Gasteiger partial charge in [0.05, 0.1) is 7.11 Å². The normalized spacial score (nSPS) is 10.7. The Morgan fingerprint density at radius 2 is 1.77 bits per heavy atom. The molecule has 0 fully saturated rings. The Hall–Kier alpha value is -4.00. The predicted molar refractivity (Wildman–Crippen MR) is 115 cm³/mol. The van der Waals surface area contributed by atoms with E-state index >= 15 is 0 Å². The Morgan fingerprint density at radius 1 is 0.967 bits per heavy atom. The second kappa shape index (κ2) is 8.57. The van der Waals surface area contributed by atoms with Crippen LogP contribution in [0.5, 0.6) is 5.75 Å². The molecule has 4 aromatic rings. The van der Waals surface area contributed by atoms with Gasteiger partial charge in [-0.1, -0.05) is 18.2 Å². The zero-order valence-corrected chi connectivity index (χ0v) is 16.5. The third-order valence-electron chi connectivity index (χ3n) is 4.95. The maximum absolute atomic E-state index is 12.3. The van der Waals surface area contributed by atoms with Crippen LogP contribution in [0.1, 0.15) is 22.5 Å². The van der Waals surface area contributed by atoms with Crippen LogP contribution < -0.4 is 15.6 Å². The standard InChI is InChI=1S/C23H22N4O3/c1-30-16-10-8-15(9-11-16)22-18(17-5-2-3-6-19(17)25-22)12-13-21(28)26-27-23(29)20-7-4-14-24-20/h2-11,14,24-25H,12-13H2,1H3,(H,26,28)(H,27,29). The van der Waals surface area contributed by atoms with Gasteiger partial charge in [0.1, 0.15) is 11.4 Å². The van der Waals surface area contributed by atoms with Gasteiger partial charge in [-0.15, -0.1) is 0 Å². The van der Waals surface area contributed by atoms with E-state index in [1.54, 1.807) is 25.4 Å². The number of amides is 2. The van der Waals surface area contributed by atoms with Crippen LogP contribution >= 0.6 is 0 Å². The van der Waals surface area contributed by atoms with Crippen molar-refractivity contribution in [3.05, 3.63) is 78.1 Å². The Morgan fingerprint density at radius 3 is 2.50 bits per heavy atom. The largest absolute Gasteiger partial charge is 0.497 e. The van der Waals surface area contributed by atoms with Gasteiger partial charge in [-0.3, -0.25) is 20.4 Å². The Labute approximate surface area is 173 Å². The molecule has 0 radical (unpaired) electrons. The van der Waals surface area contributed by atoms with Crippen LogP contribution in [0.2, 0.25) is 0 Å². The van der Waals surface area contributed by atoms with E-state index < -0.39 is 0 Å². The molecule has 2 aromatic carbocycles. The lowest BCUT2D eigenvalue weighted by Crippen LogP contribution is -2.41. The Kier molecular flexibility index (Phi) is 5.52. The number of hydrazine groups is 1. The molecule has 30 heavy (non-hydrogen) atoms. The topological polar surface area (TPSA) is 99.0 Å². The molecule has 0 saturated carbocycles. The number of H-pyrrole nitrogens is 2. The minimum atomic E-state index is -0.389. The fourth-order valence-corrected chi connectivity index (χ4v) is 3.43. The summed E-state index contributed by atoms with van der Waals surface area (Å²) in [6.07, 6.45) is 2.40.